The van der Waals surface area contributed by atoms with Crippen LogP contribution in [-0.4, -0.2) is 37.0 Å². The number of nitrogens with one attached hydrogen (secondary N) is 1. The van der Waals surface area contributed by atoms with Crippen LogP contribution in [0.2, 0.25) is 0 Å². The van der Waals surface area contributed by atoms with Gasteiger partial charge in [0.05, 0.1) is 12.2 Å². The van der Waals surface area contributed by atoms with Crippen LogP contribution in [-0.2, 0) is 4.74 Å². The molecule has 3 heteroatoms. The molecule has 0 aliphatic carbocycles. The topological polar surface area (TPSA) is 41.5 Å². The van der Waals surface area contributed by atoms with Crippen LogP contribution in [0.25, 0.3) is 0 Å². The van der Waals surface area contributed by atoms with Crippen molar-refractivity contribution < 1.29 is 9.84 Å². The van der Waals surface area contributed by atoms with Crippen molar-refractivity contribution in [2.75, 3.05) is 19.7 Å². The van der Waals surface area contributed by atoms with E-state index in [1.165, 1.54) is 0 Å². The molecule has 1 fully saturated rings. The van der Waals surface area contributed by atoms with E-state index in [0.717, 1.165) is 26.0 Å². The van der Waals surface area contributed by atoms with Gasteiger partial charge in [0.25, 0.3) is 0 Å². The van der Waals surface area contributed by atoms with Crippen LogP contribution in [0.3, 0.4) is 0 Å². The molecule has 0 spiro atoms. The molecule has 78 valence electrons. The highest BCUT2D eigenvalue weighted by Gasteiger charge is 2.25. The Bertz CT molecular complexity index is 139. The van der Waals surface area contributed by atoms with E-state index in [9.17, 15) is 0 Å². The van der Waals surface area contributed by atoms with Crippen LogP contribution in [0, 0.1) is 5.92 Å². The molecule has 0 bridgehead atoms. The molecule has 2 N–H and O–H groups in total. The average molecular weight is 187 g/mol. The lowest BCUT2D eigenvalue weighted by Crippen LogP contribution is -2.32. The van der Waals surface area contributed by atoms with E-state index < -0.39 is 0 Å². The lowest BCUT2D eigenvalue weighted by Gasteiger charge is -2.17. The number of aliphatic hydroxyl groups excluding tert-OH is 1. The summed E-state index contributed by atoms with van der Waals surface area (Å²) in [5.74, 6) is 0.642. The van der Waals surface area contributed by atoms with Crippen molar-refractivity contribution in [3.8, 4) is 0 Å². The molecular weight excluding hydrogens is 166 g/mol. The van der Waals surface area contributed by atoms with Crippen LogP contribution in [0.5, 0.6) is 0 Å². The van der Waals surface area contributed by atoms with Gasteiger partial charge in [0.1, 0.15) is 0 Å². The molecule has 13 heavy (non-hydrogen) atoms. The fourth-order valence-electron chi connectivity index (χ4n) is 1.86. The summed E-state index contributed by atoms with van der Waals surface area (Å²) in [5, 5.41) is 12.3. The first-order valence-corrected chi connectivity index (χ1v) is 5.24. The molecule has 3 unspecified atom stereocenters. The van der Waals surface area contributed by atoms with Crippen LogP contribution < -0.4 is 5.32 Å². The lowest BCUT2D eigenvalue weighted by atomic mass is 10.00. The highest BCUT2D eigenvalue weighted by molar-refractivity contribution is 4.77. The van der Waals surface area contributed by atoms with E-state index in [1.807, 2.05) is 0 Å². The molecule has 3 nitrogen and oxygen atoms in total. The van der Waals surface area contributed by atoms with Gasteiger partial charge in [-0.15, -0.1) is 0 Å². The van der Waals surface area contributed by atoms with Crippen molar-refractivity contribution in [3.05, 3.63) is 0 Å². The molecule has 0 radical (unpaired) electrons. The molecule has 1 saturated heterocycles. The highest BCUT2D eigenvalue weighted by Crippen LogP contribution is 2.22. The van der Waals surface area contributed by atoms with E-state index in [2.05, 4.69) is 12.2 Å². The summed E-state index contributed by atoms with van der Waals surface area (Å²) in [5.41, 5.74) is 0. The second-order valence-corrected chi connectivity index (χ2v) is 3.87. The van der Waals surface area contributed by atoms with Gasteiger partial charge in [-0.1, -0.05) is 6.92 Å². The predicted octanol–water partition coefficient (Wildman–Crippen LogP) is 0.772. The Kier molecular flexibility index (Phi) is 4.70. The highest BCUT2D eigenvalue weighted by atomic mass is 16.5. The van der Waals surface area contributed by atoms with E-state index in [0.29, 0.717) is 18.6 Å². The minimum atomic E-state index is -0.248. The second kappa shape index (κ2) is 5.58. The van der Waals surface area contributed by atoms with E-state index in [1.54, 1.807) is 6.92 Å². The molecule has 0 amide bonds. The molecule has 0 aromatic rings. The Morgan fingerprint density at radius 3 is 3.00 bits per heavy atom. The molecule has 1 aliphatic heterocycles. The number of hydrogen-bond acceptors (Lipinski definition) is 3. The Labute approximate surface area is 80.5 Å². The van der Waals surface area contributed by atoms with Gasteiger partial charge in [0.2, 0.25) is 0 Å². The summed E-state index contributed by atoms with van der Waals surface area (Å²) in [6.07, 6.45) is 2.44. The molecule has 1 heterocycles. The van der Waals surface area contributed by atoms with Crippen LogP contribution in [0.4, 0.5) is 0 Å². The Morgan fingerprint density at radius 1 is 1.62 bits per heavy atom. The van der Waals surface area contributed by atoms with Crippen LogP contribution >= 0.6 is 0 Å². The summed E-state index contributed by atoms with van der Waals surface area (Å²) in [6, 6.07) is 0. The predicted molar refractivity (Wildman–Crippen MR) is 52.7 cm³/mol. The average Bonchev–Trinajstić information content (AvgIpc) is 2.51. The largest absolute Gasteiger partial charge is 0.392 e. The van der Waals surface area contributed by atoms with Crippen molar-refractivity contribution in [2.45, 2.75) is 38.9 Å². The van der Waals surface area contributed by atoms with Crippen LogP contribution in [0.15, 0.2) is 0 Å². The third kappa shape index (κ3) is 3.63. The zero-order valence-corrected chi connectivity index (χ0v) is 8.62. The van der Waals surface area contributed by atoms with Gasteiger partial charge in [-0.2, -0.15) is 0 Å². The molecule has 0 aromatic heterocycles. The van der Waals surface area contributed by atoms with Gasteiger partial charge in [0, 0.05) is 19.7 Å². The maximum atomic E-state index is 9.06. The first-order valence-electron chi connectivity index (χ1n) is 5.24. The van der Waals surface area contributed by atoms with Crippen molar-refractivity contribution in [1.29, 1.82) is 0 Å². The third-order valence-corrected chi connectivity index (χ3v) is 2.59. The van der Waals surface area contributed by atoms with Crippen molar-refractivity contribution in [1.82, 2.24) is 5.32 Å². The van der Waals surface area contributed by atoms with Crippen molar-refractivity contribution in [3.63, 3.8) is 0 Å². The van der Waals surface area contributed by atoms with Gasteiger partial charge >= 0.3 is 0 Å². The molecule has 3 atom stereocenters. The zero-order chi connectivity index (χ0) is 9.68. The summed E-state index contributed by atoms with van der Waals surface area (Å²) in [7, 11) is 0. The first-order chi connectivity index (χ1) is 6.24. The second-order valence-electron chi connectivity index (χ2n) is 3.87. The Morgan fingerprint density at radius 2 is 2.38 bits per heavy atom. The van der Waals surface area contributed by atoms with Gasteiger partial charge in [-0.05, 0) is 25.7 Å². The number of aliphatic hydroxyl groups is 1. The number of ether oxygens (including phenoxy) is 1. The van der Waals surface area contributed by atoms with E-state index >= 15 is 0 Å². The molecular formula is C10H21NO2. The maximum Gasteiger partial charge on any atom is 0.0636 e. The minimum Gasteiger partial charge on any atom is -0.392 e. The standard InChI is InChI=1S/C10H21NO2/c1-3-10-9(4-5-13-10)7-11-6-8(2)12/h8-12H,3-7H2,1-2H3. The van der Waals surface area contributed by atoms with Gasteiger partial charge in [-0.25, -0.2) is 0 Å². The van der Waals surface area contributed by atoms with Gasteiger partial charge in [0.15, 0.2) is 0 Å². The Balaban J connectivity index is 2.13. The molecule has 1 rings (SSSR count). The third-order valence-electron chi connectivity index (χ3n) is 2.59. The lowest BCUT2D eigenvalue weighted by molar-refractivity contribution is 0.0861. The minimum absolute atomic E-state index is 0.248. The molecule has 0 saturated carbocycles. The number of hydrogen-bond donors (Lipinski definition) is 2. The molecule has 1 aliphatic rings. The van der Waals surface area contributed by atoms with E-state index in [-0.39, 0.29) is 6.10 Å². The smallest absolute Gasteiger partial charge is 0.0636 e. The summed E-state index contributed by atoms with van der Waals surface area (Å²) >= 11 is 0. The maximum absolute atomic E-state index is 9.06. The Hall–Kier alpha value is -0.120. The summed E-state index contributed by atoms with van der Waals surface area (Å²) in [4.78, 5) is 0. The van der Waals surface area contributed by atoms with Gasteiger partial charge in [-0.3, -0.25) is 0 Å². The normalized spacial score (nSPS) is 30.7. The van der Waals surface area contributed by atoms with E-state index in [4.69, 9.17) is 9.84 Å². The monoisotopic (exact) mass is 187 g/mol. The quantitative estimate of drug-likeness (QED) is 0.668. The van der Waals surface area contributed by atoms with Crippen LogP contribution in [0.1, 0.15) is 26.7 Å². The summed E-state index contributed by atoms with van der Waals surface area (Å²) < 4.78 is 5.57. The first kappa shape index (κ1) is 11.0. The van der Waals surface area contributed by atoms with Gasteiger partial charge < -0.3 is 15.2 Å². The summed E-state index contributed by atoms with van der Waals surface area (Å²) in [6.45, 7) is 6.53. The fraction of sp³-hybridized carbons (Fsp3) is 1.00. The number of rotatable bonds is 5. The van der Waals surface area contributed by atoms with Crippen molar-refractivity contribution in [2.24, 2.45) is 5.92 Å². The SMILES string of the molecule is CCC1OCCC1CNCC(C)O. The van der Waals surface area contributed by atoms with Crippen molar-refractivity contribution >= 4 is 0 Å². The fourth-order valence-corrected chi connectivity index (χ4v) is 1.86. The molecule has 0 aromatic carbocycles. The zero-order valence-electron chi connectivity index (χ0n) is 8.62.